The van der Waals surface area contributed by atoms with Crippen LogP contribution in [0.1, 0.15) is 24.8 Å². The Labute approximate surface area is 116 Å². The summed E-state index contributed by atoms with van der Waals surface area (Å²) in [7, 11) is 1.46. The molecule has 0 radical (unpaired) electrons. The minimum Gasteiger partial charge on any atom is -0.496 e. The zero-order valence-electron chi connectivity index (χ0n) is 11.1. The van der Waals surface area contributed by atoms with Gasteiger partial charge in [-0.25, -0.2) is 0 Å². The summed E-state index contributed by atoms with van der Waals surface area (Å²) in [4.78, 5) is 22.3. The molecule has 2 rings (SSSR count). The van der Waals surface area contributed by atoms with E-state index >= 15 is 0 Å². The second-order valence-electron chi connectivity index (χ2n) is 4.90. The maximum atomic E-state index is 12.0. The number of nitro groups is 1. The van der Waals surface area contributed by atoms with Crippen LogP contribution in [0.5, 0.6) is 5.75 Å². The highest BCUT2D eigenvalue weighted by Gasteiger charge is 2.43. The number of hydrogen-bond acceptors (Lipinski definition) is 5. The average molecular weight is 274 g/mol. The molecule has 1 saturated carbocycles. The number of methoxy groups -OCH3 is 1. The zero-order valence-corrected chi connectivity index (χ0v) is 11.1. The first kappa shape index (κ1) is 14.0. The maximum Gasteiger partial charge on any atom is 0.269 e. The zero-order chi connectivity index (χ0) is 14.8. The van der Waals surface area contributed by atoms with E-state index in [4.69, 9.17) is 4.74 Å². The van der Waals surface area contributed by atoms with Crippen molar-refractivity contribution in [1.82, 2.24) is 0 Å². The van der Waals surface area contributed by atoms with Gasteiger partial charge in [-0.2, -0.15) is 5.26 Å². The molecule has 0 spiro atoms. The normalized spacial score (nSPS) is 21.5. The van der Waals surface area contributed by atoms with E-state index < -0.39 is 10.3 Å². The highest BCUT2D eigenvalue weighted by molar-refractivity contribution is 5.89. The lowest BCUT2D eigenvalue weighted by atomic mass is 9.80. The molecule has 1 unspecified atom stereocenters. The van der Waals surface area contributed by atoms with E-state index in [1.165, 1.54) is 25.3 Å². The predicted octanol–water partition coefficient (Wildman–Crippen LogP) is 2.41. The summed E-state index contributed by atoms with van der Waals surface area (Å²) < 4.78 is 5.17. The highest BCUT2D eigenvalue weighted by atomic mass is 16.6. The molecular weight excluding hydrogens is 260 g/mol. The lowest BCUT2D eigenvalue weighted by Crippen LogP contribution is -2.26. The first-order valence-corrected chi connectivity index (χ1v) is 6.28. The van der Waals surface area contributed by atoms with E-state index in [2.05, 4.69) is 6.07 Å². The molecule has 104 valence electrons. The topological polar surface area (TPSA) is 93.2 Å². The summed E-state index contributed by atoms with van der Waals surface area (Å²) in [5.74, 6) is 0.374. The van der Waals surface area contributed by atoms with Crippen LogP contribution in [0, 0.1) is 26.9 Å². The molecule has 0 aliphatic heterocycles. The molecule has 1 aromatic carbocycles. The summed E-state index contributed by atoms with van der Waals surface area (Å²) >= 11 is 0. The molecule has 0 N–H and O–H groups in total. The molecule has 1 atom stereocenters. The van der Waals surface area contributed by atoms with Crippen molar-refractivity contribution in [1.29, 1.82) is 5.26 Å². The Morgan fingerprint density at radius 1 is 1.55 bits per heavy atom. The van der Waals surface area contributed by atoms with Crippen LogP contribution in [-0.2, 0) is 11.2 Å². The molecule has 0 aromatic heterocycles. The number of nitriles is 1. The monoisotopic (exact) mass is 274 g/mol. The molecule has 0 bridgehead atoms. The predicted molar refractivity (Wildman–Crippen MR) is 70.3 cm³/mol. The number of benzene rings is 1. The fourth-order valence-electron chi connectivity index (χ4n) is 2.62. The number of non-ortho nitro benzene ring substituents is 1. The van der Waals surface area contributed by atoms with E-state index in [1.54, 1.807) is 0 Å². The summed E-state index contributed by atoms with van der Waals surface area (Å²) in [6.07, 6.45) is 1.73. The van der Waals surface area contributed by atoms with Crippen LogP contribution < -0.4 is 4.74 Å². The number of nitrogens with zero attached hydrogens (tertiary/aromatic N) is 2. The van der Waals surface area contributed by atoms with Gasteiger partial charge in [-0.15, -0.1) is 0 Å². The van der Waals surface area contributed by atoms with Crippen LogP contribution in [0.25, 0.3) is 0 Å². The highest BCUT2D eigenvalue weighted by Crippen LogP contribution is 2.40. The van der Waals surface area contributed by atoms with Gasteiger partial charge in [0.15, 0.2) is 5.78 Å². The van der Waals surface area contributed by atoms with Gasteiger partial charge in [0.1, 0.15) is 11.2 Å². The van der Waals surface area contributed by atoms with Gasteiger partial charge in [0.2, 0.25) is 0 Å². The Balaban J connectivity index is 2.41. The average Bonchev–Trinajstić information content (AvgIpc) is 2.80. The first-order valence-electron chi connectivity index (χ1n) is 6.28. The summed E-state index contributed by atoms with van der Waals surface area (Å²) in [6.45, 7) is 0. The van der Waals surface area contributed by atoms with Crippen molar-refractivity contribution in [3.8, 4) is 11.8 Å². The number of carbonyl (C=O) groups is 1. The van der Waals surface area contributed by atoms with Crippen LogP contribution in [0.15, 0.2) is 18.2 Å². The van der Waals surface area contributed by atoms with Gasteiger partial charge in [0.25, 0.3) is 5.69 Å². The van der Waals surface area contributed by atoms with Gasteiger partial charge in [-0.3, -0.25) is 14.9 Å². The standard InChI is InChI=1S/C14H14N2O4/c1-20-12-5-4-11(16(18)19)7-10(12)8-14(9-15)6-2-3-13(14)17/h4-5,7H,2-3,6,8H2,1H3. The van der Waals surface area contributed by atoms with Gasteiger partial charge < -0.3 is 4.74 Å². The van der Waals surface area contributed by atoms with Crippen molar-refractivity contribution in [2.75, 3.05) is 7.11 Å². The molecule has 6 heteroatoms. The number of nitro benzene ring substituents is 1. The molecule has 1 aliphatic rings. The third-order valence-electron chi connectivity index (χ3n) is 3.72. The van der Waals surface area contributed by atoms with Gasteiger partial charge in [0, 0.05) is 30.5 Å². The molecule has 6 nitrogen and oxygen atoms in total. The third kappa shape index (κ3) is 2.35. The summed E-state index contributed by atoms with van der Waals surface area (Å²) in [5, 5.41) is 20.2. The molecular formula is C14H14N2O4. The van der Waals surface area contributed by atoms with E-state index in [0.717, 1.165) is 0 Å². The Hall–Kier alpha value is -2.42. The fourth-order valence-corrected chi connectivity index (χ4v) is 2.62. The molecule has 0 saturated heterocycles. The van der Waals surface area contributed by atoms with E-state index in [-0.39, 0.29) is 17.9 Å². The largest absolute Gasteiger partial charge is 0.496 e. The Morgan fingerprint density at radius 3 is 2.80 bits per heavy atom. The van der Waals surface area contributed by atoms with E-state index in [9.17, 15) is 20.2 Å². The fraction of sp³-hybridized carbons (Fsp3) is 0.429. The summed E-state index contributed by atoms with van der Waals surface area (Å²) in [6, 6.07) is 6.32. The molecule has 0 heterocycles. The van der Waals surface area contributed by atoms with Gasteiger partial charge >= 0.3 is 0 Å². The lowest BCUT2D eigenvalue weighted by molar-refractivity contribution is -0.384. The van der Waals surface area contributed by atoms with E-state index in [0.29, 0.717) is 30.6 Å². The lowest BCUT2D eigenvalue weighted by Gasteiger charge is -2.19. The number of ether oxygens (including phenoxy) is 1. The van der Waals surface area contributed by atoms with Crippen LogP contribution in [0.4, 0.5) is 5.69 Å². The Morgan fingerprint density at radius 2 is 2.30 bits per heavy atom. The molecule has 20 heavy (non-hydrogen) atoms. The van der Waals surface area contributed by atoms with Gasteiger partial charge in [-0.05, 0) is 18.9 Å². The molecule has 1 fully saturated rings. The number of hydrogen-bond donors (Lipinski definition) is 0. The second kappa shape index (κ2) is 5.29. The van der Waals surface area contributed by atoms with Crippen molar-refractivity contribution < 1.29 is 14.5 Å². The number of Topliss-reactive ketones (excluding diaryl/α,β-unsaturated/α-hetero) is 1. The number of carbonyl (C=O) groups excluding carboxylic acids is 1. The van der Waals surface area contributed by atoms with Gasteiger partial charge in [0.05, 0.1) is 18.1 Å². The number of rotatable bonds is 4. The van der Waals surface area contributed by atoms with E-state index in [1.807, 2.05) is 0 Å². The molecule has 1 aromatic rings. The van der Waals surface area contributed by atoms with Crippen LogP contribution >= 0.6 is 0 Å². The number of ketones is 1. The third-order valence-corrected chi connectivity index (χ3v) is 3.72. The maximum absolute atomic E-state index is 12.0. The quantitative estimate of drug-likeness (QED) is 0.620. The molecule has 1 aliphatic carbocycles. The minimum absolute atomic E-state index is 0.0701. The van der Waals surface area contributed by atoms with Gasteiger partial charge in [-0.1, -0.05) is 0 Å². The van der Waals surface area contributed by atoms with Crippen molar-refractivity contribution >= 4 is 11.5 Å². The van der Waals surface area contributed by atoms with Crippen molar-refractivity contribution in [3.63, 3.8) is 0 Å². The van der Waals surface area contributed by atoms with Crippen molar-refractivity contribution in [2.24, 2.45) is 5.41 Å². The van der Waals surface area contributed by atoms with Crippen molar-refractivity contribution in [2.45, 2.75) is 25.7 Å². The molecule has 0 amide bonds. The van der Waals surface area contributed by atoms with Crippen LogP contribution in [0.2, 0.25) is 0 Å². The van der Waals surface area contributed by atoms with Crippen LogP contribution in [-0.4, -0.2) is 17.8 Å². The Kier molecular flexibility index (Phi) is 3.70. The van der Waals surface area contributed by atoms with Crippen LogP contribution in [0.3, 0.4) is 0 Å². The minimum atomic E-state index is -1.07. The smallest absolute Gasteiger partial charge is 0.269 e. The summed E-state index contributed by atoms with van der Waals surface area (Å²) in [5.41, 5.74) is -0.611. The first-order chi connectivity index (χ1) is 9.52. The van der Waals surface area contributed by atoms with Crippen molar-refractivity contribution in [3.05, 3.63) is 33.9 Å². The SMILES string of the molecule is COc1ccc([N+](=O)[O-])cc1CC1(C#N)CCCC1=O. The second-order valence-corrected chi connectivity index (χ2v) is 4.90. The Bertz CT molecular complexity index is 606.